The van der Waals surface area contributed by atoms with E-state index in [0.29, 0.717) is 23.1 Å². The highest BCUT2D eigenvalue weighted by molar-refractivity contribution is 6.39. The molecule has 0 unspecified atom stereocenters. The van der Waals surface area contributed by atoms with E-state index in [-0.39, 0.29) is 0 Å². The summed E-state index contributed by atoms with van der Waals surface area (Å²) in [5, 5.41) is 6.29. The number of rotatable bonds is 6. The SMILES string of the molecule is COc1ccc(NC(=O)C(=O)N/N=C\c2ccc(C(C)C)cc2)c(OC)c1. The van der Waals surface area contributed by atoms with Crippen LogP contribution in [-0.4, -0.2) is 32.2 Å². The summed E-state index contributed by atoms with van der Waals surface area (Å²) < 4.78 is 10.3. The molecule has 0 heterocycles. The Hall–Kier alpha value is -3.35. The second-order valence-electron chi connectivity index (χ2n) is 6.04. The molecule has 0 aromatic heterocycles. The minimum Gasteiger partial charge on any atom is -0.497 e. The first-order chi connectivity index (χ1) is 12.9. The number of nitrogens with one attached hydrogen (secondary N) is 2. The number of nitrogens with zero attached hydrogens (tertiary/aromatic N) is 1. The average molecular weight is 369 g/mol. The molecule has 0 aliphatic heterocycles. The van der Waals surface area contributed by atoms with E-state index in [2.05, 4.69) is 29.7 Å². The number of carbonyl (C=O) groups is 2. The van der Waals surface area contributed by atoms with Crippen LogP contribution in [0.2, 0.25) is 0 Å². The number of methoxy groups -OCH3 is 2. The molecule has 2 rings (SSSR count). The highest BCUT2D eigenvalue weighted by atomic mass is 16.5. The first kappa shape index (κ1) is 20.0. The van der Waals surface area contributed by atoms with E-state index in [9.17, 15) is 9.59 Å². The lowest BCUT2D eigenvalue weighted by Gasteiger charge is -2.10. The lowest BCUT2D eigenvalue weighted by Crippen LogP contribution is -2.32. The Balaban J connectivity index is 1.94. The van der Waals surface area contributed by atoms with Gasteiger partial charge < -0.3 is 14.8 Å². The number of hydrogen-bond acceptors (Lipinski definition) is 5. The normalized spacial score (nSPS) is 10.7. The molecule has 0 saturated carbocycles. The first-order valence-electron chi connectivity index (χ1n) is 8.41. The summed E-state index contributed by atoms with van der Waals surface area (Å²) >= 11 is 0. The van der Waals surface area contributed by atoms with Gasteiger partial charge >= 0.3 is 11.8 Å². The minimum atomic E-state index is -0.886. The number of benzene rings is 2. The number of carbonyl (C=O) groups excluding carboxylic acids is 2. The summed E-state index contributed by atoms with van der Waals surface area (Å²) in [7, 11) is 2.98. The topological polar surface area (TPSA) is 89.0 Å². The number of hydrogen-bond donors (Lipinski definition) is 2. The van der Waals surface area contributed by atoms with Gasteiger partial charge in [0.15, 0.2) is 0 Å². The summed E-state index contributed by atoms with van der Waals surface area (Å²) in [5.74, 6) is -0.352. The molecule has 2 amide bonds. The molecule has 2 aromatic rings. The average Bonchev–Trinajstić information content (AvgIpc) is 2.68. The lowest BCUT2D eigenvalue weighted by molar-refractivity contribution is -0.136. The van der Waals surface area contributed by atoms with Crippen molar-refractivity contribution in [3.05, 3.63) is 53.6 Å². The fourth-order valence-electron chi connectivity index (χ4n) is 2.26. The van der Waals surface area contributed by atoms with Crippen molar-refractivity contribution in [2.24, 2.45) is 5.10 Å². The molecule has 7 nitrogen and oxygen atoms in total. The maximum Gasteiger partial charge on any atom is 0.329 e. The number of hydrazone groups is 1. The predicted molar refractivity (Wildman–Crippen MR) is 104 cm³/mol. The van der Waals surface area contributed by atoms with Gasteiger partial charge in [-0.15, -0.1) is 0 Å². The molecule has 2 aromatic carbocycles. The fraction of sp³-hybridized carbons (Fsp3) is 0.250. The molecule has 0 atom stereocenters. The first-order valence-corrected chi connectivity index (χ1v) is 8.41. The Morgan fingerprint density at radius 3 is 2.30 bits per heavy atom. The summed E-state index contributed by atoms with van der Waals surface area (Å²) in [5.41, 5.74) is 4.58. The molecule has 0 spiro atoms. The Bertz CT molecular complexity index is 830. The van der Waals surface area contributed by atoms with Gasteiger partial charge in [0.05, 0.1) is 26.1 Å². The van der Waals surface area contributed by atoms with Crippen LogP contribution in [0.4, 0.5) is 5.69 Å². The van der Waals surface area contributed by atoms with Gasteiger partial charge in [-0.3, -0.25) is 9.59 Å². The Kier molecular flexibility index (Phi) is 6.93. The van der Waals surface area contributed by atoms with Gasteiger partial charge in [-0.05, 0) is 29.2 Å². The molecular formula is C20H23N3O4. The molecule has 0 aliphatic rings. The highest BCUT2D eigenvalue weighted by Gasteiger charge is 2.15. The van der Waals surface area contributed by atoms with Gasteiger partial charge in [0, 0.05) is 6.07 Å². The van der Waals surface area contributed by atoms with Crippen molar-refractivity contribution in [1.82, 2.24) is 5.43 Å². The van der Waals surface area contributed by atoms with Crippen LogP contribution in [0.3, 0.4) is 0 Å². The van der Waals surface area contributed by atoms with Gasteiger partial charge in [0.25, 0.3) is 0 Å². The van der Waals surface area contributed by atoms with E-state index in [0.717, 1.165) is 5.56 Å². The monoisotopic (exact) mass is 369 g/mol. The Morgan fingerprint density at radius 1 is 1.00 bits per heavy atom. The van der Waals surface area contributed by atoms with Gasteiger partial charge in [-0.2, -0.15) is 5.10 Å². The van der Waals surface area contributed by atoms with E-state index in [4.69, 9.17) is 9.47 Å². The van der Waals surface area contributed by atoms with E-state index in [1.54, 1.807) is 18.2 Å². The number of amides is 2. The van der Waals surface area contributed by atoms with Crippen molar-refractivity contribution in [3.8, 4) is 11.5 Å². The van der Waals surface area contributed by atoms with Crippen molar-refractivity contribution < 1.29 is 19.1 Å². The maximum atomic E-state index is 12.0. The van der Waals surface area contributed by atoms with Gasteiger partial charge in [0.2, 0.25) is 0 Å². The molecule has 0 aliphatic carbocycles. The molecule has 2 N–H and O–H groups in total. The van der Waals surface area contributed by atoms with E-state index < -0.39 is 11.8 Å². The summed E-state index contributed by atoms with van der Waals surface area (Å²) in [6, 6.07) is 12.6. The van der Waals surface area contributed by atoms with E-state index >= 15 is 0 Å². The summed E-state index contributed by atoms with van der Waals surface area (Å²) in [6.45, 7) is 4.22. The van der Waals surface area contributed by atoms with Crippen molar-refractivity contribution in [2.75, 3.05) is 19.5 Å². The zero-order chi connectivity index (χ0) is 19.8. The van der Waals surface area contributed by atoms with Crippen LogP contribution in [0.1, 0.15) is 30.9 Å². The van der Waals surface area contributed by atoms with Crippen LogP contribution in [0.5, 0.6) is 11.5 Å². The van der Waals surface area contributed by atoms with Crippen LogP contribution in [0.15, 0.2) is 47.6 Å². The number of ether oxygens (including phenoxy) is 2. The maximum absolute atomic E-state index is 12.0. The zero-order valence-corrected chi connectivity index (χ0v) is 15.8. The van der Waals surface area contributed by atoms with Crippen molar-refractivity contribution in [1.29, 1.82) is 0 Å². The Labute approximate surface area is 158 Å². The largest absolute Gasteiger partial charge is 0.497 e. The molecule has 0 fully saturated rings. The molecule has 142 valence electrons. The van der Waals surface area contributed by atoms with Crippen LogP contribution in [-0.2, 0) is 9.59 Å². The van der Waals surface area contributed by atoms with Crippen LogP contribution in [0.25, 0.3) is 0 Å². The molecule has 0 radical (unpaired) electrons. The zero-order valence-electron chi connectivity index (χ0n) is 15.8. The highest BCUT2D eigenvalue weighted by Crippen LogP contribution is 2.28. The van der Waals surface area contributed by atoms with Crippen LogP contribution in [0, 0.1) is 0 Å². The van der Waals surface area contributed by atoms with Crippen LogP contribution < -0.4 is 20.2 Å². The third-order valence-corrected chi connectivity index (χ3v) is 3.85. The molecular weight excluding hydrogens is 346 g/mol. The van der Waals surface area contributed by atoms with Crippen LogP contribution >= 0.6 is 0 Å². The summed E-state index contributed by atoms with van der Waals surface area (Å²) in [6.07, 6.45) is 1.48. The van der Waals surface area contributed by atoms with Gasteiger partial charge in [0.1, 0.15) is 11.5 Å². The Morgan fingerprint density at radius 2 is 1.70 bits per heavy atom. The summed E-state index contributed by atoms with van der Waals surface area (Å²) in [4.78, 5) is 23.9. The molecule has 0 bridgehead atoms. The van der Waals surface area contributed by atoms with Crippen molar-refractivity contribution in [2.45, 2.75) is 19.8 Å². The number of anilines is 1. The lowest BCUT2D eigenvalue weighted by atomic mass is 10.0. The smallest absolute Gasteiger partial charge is 0.329 e. The van der Waals surface area contributed by atoms with E-state index in [1.165, 1.54) is 26.0 Å². The minimum absolute atomic E-state index is 0.353. The second kappa shape index (κ2) is 9.38. The fourth-order valence-corrected chi connectivity index (χ4v) is 2.26. The third-order valence-electron chi connectivity index (χ3n) is 3.85. The standard InChI is InChI=1S/C20H23N3O4/c1-13(2)15-7-5-14(6-8-15)12-21-23-20(25)19(24)22-17-10-9-16(26-3)11-18(17)27-4/h5-13H,1-4H3,(H,22,24)(H,23,25)/b21-12-. The molecule has 0 saturated heterocycles. The molecule has 27 heavy (non-hydrogen) atoms. The van der Waals surface area contributed by atoms with Crippen molar-refractivity contribution in [3.63, 3.8) is 0 Å². The predicted octanol–water partition coefficient (Wildman–Crippen LogP) is 2.92. The van der Waals surface area contributed by atoms with Crippen molar-refractivity contribution >= 4 is 23.7 Å². The van der Waals surface area contributed by atoms with Gasteiger partial charge in [-0.25, -0.2) is 5.43 Å². The van der Waals surface area contributed by atoms with E-state index in [1.807, 2.05) is 24.3 Å². The quantitative estimate of drug-likeness (QED) is 0.465. The second-order valence-corrected chi connectivity index (χ2v) is 6.04. The van der Waals surface area contributed by atoms with Gasteiger partial charge in [-0.1, -0.05) is 38.1 Å². The molecule has 7 heteroatoms. The third kappa shape index (κ3) is 5.57.